The Labute approximate surface area is 132 Å². The molecule has 1 saturated carbocycles. The van der Waals surface area contributed by atoms with E-state index in [0.717, 1.165) is 12.8 Å². The highest BCUT2D eigenvalue weighted by atomic mass is 32.2. The van der Waals surface area contributed by atoms with Crippen molar-refractivity contribution in [2.24, 2.45) is 5.92 Å². The molecule has 4 nitrogen and oxygen atoms in total. The Morgan fingerprint density at radius 2 is 1.62 bits per heavy atom. The van der Waals surface area contributed by atoms with E-state index in [9.17, 15) is 0 Å². The molecular weight excluding hydrogens is 286 g/mol. The molecule has 1 heterocycles. The second-order valence-corrected chi connectivity index (χ2v) is 7.51. The van der Waals surface area contributed by atoms with Gasteiger partial charge in [-0.25, -0.2) is 0 Å². The van der Waals surface area contributed by atoms with Crippen molar-refractivity contribution in [3.8, 4) is 0 Å². The summed E-state index contributed by atoms with van der Waals surface area (Å²) in [4.78, 5) is 1.60. The van der Waals surface area contributed by atoms with E-state index >= 15 is 0 Å². The first kappa shape index (κ1) is 15.7. The Morgan fingerprint density at radius 1 is 0.952 bits per heavy atom. The third-order valence-electron chi connectivity index (χ3n) is 5.11. The molecule has 120 valence electrons. The largest absolute Gasteiger partial charge is 0.379 e. The second-order valence-electron chi connectivity index (χ2n) is 6.27. The highest BCUT2D eigenvalue weighted by Crippen LogP contribution is 2.45. The normalized spacial score (nSPS) is 40.0. The molecule has 3 rings (SSSR count). The molecule has 0 aromatic carbocycles. The summed E-state index contributed by atoms with van der Waals surface area (Å²) in [6.07, 6.45) is 7.55. The van der Waals surface area contributed by atoms with Gasteiger partial charge in [-0.15, -0.1) is 11.8 Å². The second kappa shape index (κ2) is 6.90. The molecule has 1 fully saturated rings. The molecule has 0 aromatic heterocycles. The summed E-state index contributed by atoms with van der Waals surface area (Å²) in [7, 11) is 5.32. The Balaban J connectivity index is 1.66. The molecule has 1 aliphatic heterocycles. The van der Waals surface area contributed by atoms with Gasteiger partial charge in [-0.05, 0) is 44.4 Å². The number of rotatable bonds is 4. The Kier molecular flexibility index (Phi) is 5.15. The molecule has 3 unspecified atom stereocenters. The van der Waals surface area contributed by atoms with E-state index in [0.29, 0.717) is 11.3 Å². The average molecular weight is 313 g/mol. The molecule has 0 radical (unpaired) electrons. The van der Waals surface area contributed by atoms with E-state index in [1.165, 1.54) is 31.4 Å². The van der Waals surface area contributed by atoms with Crippen LogP contribution in [0.4, 0.5) is 0 Å². The summed E-state index contributed by atoms with van der Waals surface area (Å²) in [6, 6.07) is 0. The number of allylic oxidation sites excluding steroid dienone is 2. The molecule has 1 N–H and O–H groups in total. The number of hydrogen-bond donors (Lipinski definition) is 1. The van der Waals surface area contributed by atoms with Crippen LogP contribution < -0.4 is 5.32 Å². The van der Waals surface area contributed by atoms with Gasteiger partial charge in [0.05, 0.1) is 17.6 Å². The molecule has 0 bridgehead atoms. The van der Waals surface area contributed by atoms with Crippen molar-refractivity contribution in [1.82, 2.24) is 5.32 Å². The summed E-state index contributed by atoms with van der Waals surface area (Å²) >= 11 is 2.05. The van der Waals surface area contributed by atoms with Crippen LogP contribution >= 0.6 is 11.8 Å². The van der Waals surface area contributed by atoms with Crippen molar-refractivity contribution < 1.29 is 14.2 Å². The molecule has 0 spiro atoms. The van der Waals surface area contributed by atoms with Crippen molar-refractivity contribution >= 4 is 11.8 Å². The van der Waals surface area contributed by atoms with Crippen LogP contribution in [0.1, 0.15) is 38.5 Å². The fourth-order valence-electron chi connectivity index (χ4n) is 3.94. The molecular formula is C16H27NO3S. The number of nitrogens with one attached hydrogen (secondary N) is 1. The van der Waals surface area contributed by atoms with E-state index in [2.05, 4.69) is 17.1 Å². The minimum Gasteiger partial charge on any atom is -0.379 e. The summed E-state index contributed by atoms with van der Waals surface area (Å²) in [5.74, 6) is 0.571. The Morgan fingerprint density at radius 3 is 2.19 bits per heavy atom. The van der Waals surface area contributed by atoms with Gasteiger partial charge in [0.15, 0.2) is 0 Å². The maximum atomic E-state index is 5.68. The van der Waals surface area contributed by atoms with Crippen LogP contribution in [0.5, 0.6) is 0 Å². The molecule has 21 heavy (non-hydrogen) atoms. The molecule has 0 amide bonds. The fraction of sp³-hybridized carbons (Fsp3) is 0.875. The zero-order valence-electron chi connectivity index (χ0n) is 13.3. The lowest BCUT2D eigenvalue weighted by Crippen LogP contribution is -2.50. The van der Waals surface area contributed by atoms with E-state index < -0.39 is 0 Å². The fourth-order valence-corrected chi connectivity index (χ4v) is 5.43. The maximum absolute atomic E-state index is 5.68. The number of thioether (sulfide) groups is 1. The molecule has 0 aromatic rings. The predicted molar refractivity (Wildman–Crippen MR) is 85.1 cm³/mol. The number of hydrogen-bond acceptors (Lipinski definition) is 5. The zero-order valence-corrected chi connectivity index (χ0v) is 14.1. The quantitative estimate of drug-likeness (QED) is 0.864. The van der Waals surface area contributed by atoms with Gasteiger partial charge < -0.3 is 19.5 Å². The van der Waals surface area contributed by atoms with Crippen molar-refractivity contribution in [3.63, 3.8) is 0 Å². The van der Waals surface area contributed by atoms with E-state index in [1.807, 2.05) is 0 Å². The topological polar surface area (TPSA) is 39.7 Å². The van der Waals surface area contributed by atoms with Crippen LogP contribution in [0, 0.1) is 5.92 Å². The Bertz CT molecular complexity index is 369. The number of methoxy groups -OCH3 is 3. The lowest BCUT2D eigenvalue weighted by atomic mass is 9.82. The van der Waals surface area contributed by atoms with Gasteiger partial charge in [0, 0.05) is 31.9 Å². The van der Waals surface area contributed by atoms with Crippen LogP contribution in [-0.4, -0.2) is 45.0 Å². The average Bonchev–Trinajstić information content (AvgIpc) is 2.97. The van der Waals surface area contributed by atoms with Crippen LogP contribution in [0.2, 0.25) is 0 Å². The van der Waals surface area contributed by atoms with E-state index in [-0.39, 0.29) is 18.3 Å². The predicted octanol–water partition coefficient (Wildman–Crippen LogP) is 2.89. The van der Waals surface area contributed by atoms with E-state index in [4.69, 9.17) is 14.2 Å². The first-order valence-electron chi connectivity index (χ1n) is 8.00. The van der Waals surface area contributed by atoms with Crippen LogP contribution in [0.25, 0.3) is 0 Å². The summed E-state index contributed by atoms with van der Waals surface area (Å²) in [5.41, 5.74) is 1.51. The molecule has 2 aliphatic carbocycles. The van der Waals surface area contributed by atoms with Gasteiger partial charge >= 0.3 is 0 Å². The van der Waals surface area contributed by atoms with Gasteiger partial charge in [0.25, 0.3) is 0 Å². The van der Waals surface area contributed by atoms with E-state index in [1.54, 1.807) is 26.2 Å². The smallest absolute Gasteiger partial charge is 0.109 e. The minimum absolute atomic E-state index is 0.0465. The van der Waals surface area contributed by atoms with Gasteiger partial charge in [-0.1, -0.05) is 0 Å². The SMILES string of the molecule is COC1CC(C2NC3=C(CCCC3)S2)CC(OC)C1OC. The van der Waals surface area contributed by atoms with Crippen LogP contribution in [0.3, 0.4) is 0 Å². The maximum Gasteiger partial charge on any atom is 0.109 e. The molecule has 5 heteroatoms. The monoisotopic (exact) mass is 313 g/mol. The summed E-state index contributed by atoms with van der Waals surface area (Å²) < 4.78 is 17.0. The van der Waals surface area contributed by atoms with Crippen molar-refractivity contribution in [1.29, 1.82) is 0 Å². The Hall–Kier alpha value is -0.230. The third-order valence-corrected chi connectivity index (χ3v) is 6.60. The highest BCUT2D eigenvalue weighted by Gasteiger charge is 2.43. The first-order valence-corrected chi connectivity index (χ1v) is 8.88. The van der Waals surface area contributed by atoms with Crippen LogP contribution in [0.15, 0.2) is 10.6 Å². The molecule has 0 saturated heterocycles. The number of ether oxygens (including phenoxy) is 3. The standard InChI is InChI=1S/C16H27NO3S/c1-18-12-8-10(9-13(19-2)15(12)20-3)16-17-11-6-4-5-7-14(11)21-16/h10,12-13,15-17H,4-9H2,1-3H3. The first-order chi connectivity index (χ1) is 10.3. The van der Waals surface area contributed by atoms with Crippen molar-refractivity contribution in [2.45, 2.75) is 62.2 Å². The van der Waals surface area contributed by atoms with Crippen molar-refractivity contribution in [2.75, 3.05) is 21.3 Å². The minimum atomic E-state index is 0.0465. The van der Waals surface area contributed by atoms with Gasteiger partial charge in [0.2, 0.25) is 0 Å². The van der Waals surface area contributed by atoms with Crippen LogP contribution in [-0.2, 0) is 14.2 Å². The lowest BCUT2D eigenvalue weighted by molar-refractivity contribution is -0.140. The molecule has 3 atom stereocenters. The highest BCUT2D eigenvalue weighted by molar-refractivity contribution is 8.03. The molecule has 3 aliphatic rings. The summed E-state index contributed by atoms with van der Waals surface area (Å²) in [6.45, 7) is 0. The van der Waals surface area contributed by atoms with Gasteiger partial charge in [-0.3, -0.25) is 0 Å². The lowest BCUT2D eigenvalue weighted by Gasteiger charge is -2.41. The summed E-state index contributed by atoms with van der Waals surface area (Å²) in [5, 5.41) is 4.26. The zero-order chi connectivity index (χ0) is 14.8. The van der Waals surface area contributed by atoms with Gasteiger partial charge in [-0.2, -0.15) is 0 Å². The van der Waals surface area contributed by atoms with Crippen molar-refractivity contribution in [3.05, 3.63) is 10.6 Å². The van der Waals surface area contributed by atoms with Gasteiger partial charge in [0.1, 0.15) is 6.10 Å². The third kappa shape index (κ3) is 3.11.